The van der Waals surface area contributed by atoms with Gasteiger partial charge in [0.15, 0.2) is 0 Å². The maximum absolute atomic E-state index is 12.3. The van der Waals surface area contributed by atoms with Crippen LogP contribution in [0.5, 0.6) is 0 Å². The van der Waals surface area contributed by atoms with Crippen molar-refractivity contribution in [3.8, 4) is 0 Å². The number of carbonyl (C=O) groups excluding carboxylic acids is 1. The molecular formula is C19H23N5O2. The first kappa shape index (κ1) is 17.7. The Bertz CT molecular complexity index is 758. The highest BCUT2D eigenvalue weighted by atomic mass is 16.6. The number of nitrogens with one attached hydrogen (secondary N) is 1. The fraction of sp³-hybridized carbons (Fsp3) is 0.316. The second kappa shape index (κ2) is 8.33. The SMILES string of the molecule is C=Cc1c(NC)ccnc1N1CCN(C(=O)OCc2cccnc2)CC1. The molecule has 2 aromatic rings. The van der Waals surface area contributed by atoms with E-state index < -0.39 is 0 Å². The van der Waals surface area contributed by atoms with E-state index in [0.717, 1.165) is 22.6 Å². The zero-order valence-corrected chi connectivity index (χ0v) is 14.9. The summed E-state index contributed by atoms with van der Waals surface area (Å²) in [5, 5.41) is 3.16. The number of hydrogen-bond acceptors (Lipinski definition) is 6. The summed E-state index contributed by atoms with van der Waals surface area (Å²) in [6, 6.07) is 5.63. The summed E-state index contributed by atoms with van der Waals surface area (Å²) in [7, 11) is 1.88. The Morgan fingerprint density at radius 1 is 1.31 bits per heavy atom. The van der Waals surface area contributed by atoms with Gasteiger partial charge in [0.25, 0.3) is 0 Å². The average Bonchev–Trinajstić information content (AvgIpc) is 2.72. The fourth-order valence-electron chi connectivity index (χ4n) is 2.95. The number of hydrogen-bond donors (Lipinski definition) is 1. The molecule has 1 aliphatic heterocycles. The zero-order chi connectivity index (χ0) is 18.4. The molecule has 1 aliphatic rings. The van der Waals surface area contributed by atoms with Crippen LogP contribution >= 0.6 is 0 Å². The molecular weight excluding hydrogens is 330 g/mol. The van der Waals surface area contributed by atoms with Crippen LogP contribution in [-0.2, 0) is 11.3 Å². The number of nitrogens with zero attached hydrogens (tertiary/aromatic N) is 4. The normalized spacial score (nSPS) is 14.0. The van der Waals surface area contributed by atoms with Gasteiger partial charge in [0.05, 0.1) is 0 Å². The molecule has 7 heteroatoms. The van der Waals surface area contributed by atoms with Gasteiger partial charge in [-0.25, -0.2) is 9.78 Å². The van der Waals surface area contributed by atoms with Gasteiger partial charge in [0, 0.05) is 68.6 Å². The van der Waals surface area contributed by atoms with E-state index in [4.69, 9.17) is 4.74 Å². The van der Waals surface area contributed by atoms with Crippen LogP contribution in [0.1, 0.15) is 11.1 Å². The van der Waals surface area contributed by atoms with Crippen molar-refractivity contribution in [3.63, 3.8) is 0 Å². The third-order valence-corrected chi connectivity index (χ3v) is 4.37. The summed E-state index contributed by atoms with van der Waals surface area (Å²) in [5.41, 5.74) is 2.84. The highest BCUT2D eigenvalue weighted by molar-refractivity contribution is 5.75. The van der Waals surface area contributed by atoms with Crippen LogP contribution in [0, 0.1) is 0 Å². The van der Waals surface area contributed by atoms with Crippen molar-refractivity contribution in [3.05, 3.63) is 54.5 Å². The lowest BCUT2D eigenvalue weighted by molar-refractivity contribution is 0.0940. The lowest BCUT2D eigenvalue weighted by Crippen LogP contribution is -2.49. The first-order valence-electron chi connectivity index (χ1n) is 8.57. The number of piperazine rings is 1. The van der Waals surface area contributed by atoms with Gasteiger partial charge in [0.1, 0.15) is 12.4 Å². The number of carbonyl (C=O) groups is 1. The van der Waals surface area contributed by atoms with Crippen molar-refractivity contribution in [2.24, 2.45) is 0 Å². The molecule has 1 saturated heterocycles. The standard InChI is InChI=1S/C19H23N5O2/c1-3-16-17(20-2)6-8-22-18(16)23-9-11-24(12-10-23)19(25)26-14-15-5-4-7-21-13-15/h3-8,13H,1,9-12,14H2,2H3,(H,20,22). The van der Waals surface area contributed by atoms with Gasteiger partial charge in [-0.15, -0.1) is 0 Å². The maximum atomic E-state index is 12.3. The Balaban J connectivity index is 1.57. The average molecular weight is 353 g/mol. The van der Waals surface area contributed by atoms with Crippen LogP contribution in [0.4, 0.5) is 16.3 Å². The van der Waals surface area contributed by atoms with E-state index in [1.807, 2.05) is 31.3 Å². The van der Waals surface area contributed by atoms with E-state index in [0.29, 0.717) is 26.2 Å². The number of anilines is 2. The minimum Gasteiger partial charge on any atom is -0.444 e. The van der Waals surface area contributed by atoms with Crippen molar-refractivity contribution in [2.45, 2.75) is 6.61 Å². The number of amides is 1. The molecule has 0 saturated carbocycles. The van der Waals surface area contributed by atoms with E-state index in [1.165, 1.54) is 0 Å². The van der Waals surface area contributed by atoms with Gasteiger partial charge in [-0.05, 0) is 12.1 Å². The Hall–Kier alpha value is -3.09. The molecule has 0 atom stereocenters. The molecule has 1 N–H and O–H groups in total. The summed E-state index contributed by atoms with van der Waals surface area (Å²) < 4.78 is 5.38. The van der Waals surface area contributed by atoms with Gasteiger partial charge in [-0.2, -0.15) is 0 Å². The quantitative estimate of drug-likeness (QED) is 0.891. The zero-order valence-electron chi connectivity index (χ0n) is 14.9. The molecule has 0 aromatic carbocycles. The molecule has 1 fully saturated rings. The summed E-state index contributed by atoms with van der Waals surface area (Å²) >= 11 is 0. The van der Waals surface area contributed by atoms with E-state index >= 15 is 0 Å². The molecule has 2 aromatic heterocycles. The molecule has 0 spiro atoms. The van der Waals surface area contributed by atoms with Gasteiger partial charge in [-0.3, -0.25) is 4.98 Å². The number of aromatic nitrogens is 2. The summed E-state index contributed by atoms with van der Waals surface area (Å²) in [6.45, 7) is 6.71. The van der Waals surface area contributed by atoms with E-state index in [2.05, 4.69) is 26.8 Å². The molecule has 26 heavy (non-hydrogen) atoms. The van der Waals surface area contributed by atoms with Crippen molar-refractivity contribution in [1.29, 1.82) is 0 Å². The summed E-state index contributed by atoms with van der Waals surface area (Å²) in [6.07, 6.45) is 6.68. The predicted octanol–water partition coefficient (Wildman–Crippen LogP) is 2.62. The highest BCUT2D eigenvalue weighted by Crippen LogP contribution is 2.27. The van der Waals surface area contributed by atoms with E-state index in [9.17, 15) is 4.79 Å². The van der Waals surface area contributed by atoms with E-state index in [-0.39, 0.29) is 12.7 Å². The molecule has 1 amide bonds. The Labute approximate surface area is 153 Å². The minimum absolute atomic E-state index is 0.235. The molecule has 0 unspecified atom stereocenters. The summed E-state index contributed by atoms with van der Waals surface area (Å²) in [4.78, 5) is 24.7. The smallest absolute Gasteiger partial charge is 0.410 e. The molecule has 136 valence electrons. The number of rotatable bonds is 5. The Morgan fingerprint density at radius 2 is 2.12 bits per heavy atom. The monoisotopic (exact) mass is 353 g/mol. The second-order valence-electron chi connectivity index (χ2n) is 5.94. The summed E-state index contributed by atoms with van der Waals surface area (Å²) in [5.74, 6) is 0.884. The van der Waals surface area contributed by atoms with Gasteiger partial charge >= 0.3 is 6.09 Å². The molecule has 0 radical (unpaired) electrons. The van der Waals surface area contributed by atoms with Gasteiger partial charge in [-0.1, -0.05) is 18.7 Å². The van der Waals surface area contributed by atoms with Crippen LogP contribution < -0.4 is 10.2 Å². The van der Waals surface area contributed by atoms with E-state index in [1.54, 1.807) is 23.5 Å². The first-order valence-corrected chi connectivity index (χ1v) is 8.57. The first-order chi connectivity index (χ1) is 12.7. The van der Waals surface area contributed by atoms with Crippen LogP contribution in [-0.4, -0.2) is 54.2 Å². The van der Waals surface area contributed by atoms with Crippen LogP contribution in [0.3, 0.4) is 0 Å². The van der Waals surface area contributed by atoms with Crippen LogP contribution in [0.15, 0.2) is 43.4 Å². The lowest BCUT2D eigenvalue weighted by Gasteiger charge is -2.35. The highest BCUT2D eigenvalue weighted by Gasteiger charge is 2.24. The van der Waals surface area contributed by atoms with Crippen molar-refractivity contribution in [1.82, 2.24) is 14.9 Å². The van der Waals surface area contributed by atoms with Crippen LogP contribution in [0.2, 0.25) is 0 Å². The third kappa shape index (κ3) is 3.93. The number of pyridine rings is 2. The van der Waals surface area contributed by atoms with Crippen molar-refractivity contribution in [2.75, 3.05) is 43.4 Å². The largest absolute Gasteiger partial charge is 0.444 e. The lowest BCUT2D eigenvalue weighted by atomic mass is 10.2. The van der Waals surface area contributed by atoms with Crippen molar-refractivity contribution >= 4 is 23.7 Å². The maximum Gasteiger partial charge on any atom is 0.410 e. The molecule has 0 bridgehead atoms. The molecule has 7 nitrogen and oxygen atoms in total. The van der Waals surface area contributed by atoms with Gasteiger partial charge < -0.3 is 19.9 Å². The number of ether oxygens (including phenoxy) is 1. The Morgan fingerprint density at radius 3 is 2.77 bits per heavy atom. The third-order valence-electron chi connectivity index (χ3n) is 4.37. The minimum atomic E-state index is -0.297. The Kier molecular flexibility index (Phi) is 5.68. The van der Waals surface area contributed by atoms with Crippen LogP contribution in [0.25, 0.3) is 6.08 Å². The predicted molar refractivity (Wildman–Crippen MR) is 102 cm³/mol. The molecule has 3 heterocycles. The van der Waals surface area contributed by atoms with Gasteiger partial charge in [0.2, 0.25) is 0 Å². The second-order valence-corrected chi connectivity index (χ2v) is 5.94. The van der Waals surface area contributed by atoms with Crippen molar-refractivity contribution < 1.29 is 9.53 Å². The molecule has 3 rings (SSSR count). The topological polar surface area (TPSA) is 70.6 Å². The molecule has 0 aliphatic carbocycles. The fourth-order valence-corrected chi connectivity index (χ4v) is 2.95.